The Kier molecular flexibility index (Phi) is 5.49. The molecule has 1 aliphatic heterocycles. The SMILES string of the molecule is CCOc1ncc(B2OC(C)(C)C(C)(C)O2)cc1N(C)Cc1ccccc1. The summed E-state index contributed by atoms with van der Waals surface area (Å²) in [6, 6.07) is 12.4. The molecule has 27 heavy (non-hydrogen) atoms. The van der Waals surface area contributed by atoms with Gasteiger partial charge in [0.05, 0.1) is 23.5 Å². The molecule has 3 rings (SSSR count). The van der Waals surface area contributed by atoms with Gasteiger partial charge in [0, 0.05) is 25.3 Å². The zero-order valence-corrected chi connectivity index (χ0v) is 17.2. The van der Waals surface area contributed by atoms with E-state index in [0.29, 0.717) is 12.5 Å². The topological polar surface area (TPSA) is 43.8 Å². The monoisotopic (exact) mass is 368 g/mol. The van der Waals surface area contributed by atoms with Crippen molar-refractivity contribution in [3.63, 3.8) is 0 Å². The fraction of sp³-hybridized carbons (Fsp3) is 0.476. The second kappa shape index (κ2) is 7.53. The molecule has 2 aromatic rings. The molecular weight excluding hydrogens is 339 g/mol. The molecule has 1 aromatic carbocycles. The van der Waals surface area contributed by atoms with Crippen molar-refractivity contribution in [1.29, 1.82) is 0 Å². The normalized spacial score (nSPS) is 17.8. The molecule has 6 heteroatoms. The van der Waals surface area contributed by atoms with Crippen molar-refractivity contribution in [2.24, 2.45) is 0 Å². The first-order valence-electron chi connectivity index (χ1n) is 9.47. The van der Waals surface area contributed by atoms with Gasteiger partial charge in [-0.05, 0) is 46.2 Å². The van der Waals surface area contributed by atoms with Gasteiger partial charge >= 0.3 is 7.12 Å². The molecule has 5 nitrogen and oxygen atoms in total. The van der Waals surface area contributed by atoms with Crippen molar-refractivity contribution in [2.75, 3.05) is 18.6 Å². The van der Waals surface area contributed by atoms with Gasteiger partial charge in [-0.2, -0.15) is 0 Å². The Labute approximate surface area is 162 Å². The quantitative estimate of drug-likeness (QED) is 0.731. The molecule has 1 aromatic heterocycles. The third kappa shape index (κ3) is 4.12. The van der Waals surface area contributed by atoms with Crippen molar-refractivity contribution < 1.29 is 14.0 Å². The fourth-order valence-electron chi connectivity index (χ4n) is 3.03. The molecule has 1 fully saturated rings. The number of aromatic nitrogens is 1. The Morgan fingerprint density at radius 1 is 1.07 bits per heavy atom. The third-order valence-corrected chi connectivity index (χ3v) is 5.33. The highest BCUT2D eigenvalue weighted by molar-refractivity contribution is 6.62. The zero-order chi connectivity index (χ0) is 19.7. The van der Waals surface area contributed by atoms with Crippen molar-refractivity contribution in [1.82, 2.24) is 4.98 Å². The first-order valence-corrected chi connectivity index (χ1v) is 9.47. The zero-order valence-electron chi connectivity index (χ0n) is 17.2. The summed E-state index contributed by atoms with van der Waals surface area (Å²) in [5, 5.41) is 0. The average Bonchev–Trinajstić information content (AvgIpc) is 2.84. The number of nitrogens with zero attached hydrogens (tertiary/aromatic N) is 2. The molecule has 0 unspecified atom stereocenters. The molecule has 0 N–H and O–H groups in total. The van der Waals surface area contributed by atoms with E-state index in [9.17, 15) is 0 Å². The highest BCUT2D eigenvalue weighted by Gasteiger charge is 2.52. The summed E-state index contributed by atoms with van der Waals surface area (Å²) >= 11 is 0. The van der Waals surface area contributed by atoms with Crippen LogP contribution in [0, 0.1) is 0 Å². The van der Waals surface area contributed by atoms with Crippen LogP contribution in [-0.4, -0.2) is 37.0 Å². The lowest BCUT2D eigenvalue weighted by molar-refractivity contribution is 0.00578. The van der Waals surface area contributed by atoms with Gasteiger partial charge < -0.3 is 18.9 Å². The summed E-state index contributed by atoms with van der Waals surface area (Å²) in [5.74, 6) is 0.621. The van der Waals surface area contributed by atoms with Gasteiger partial charge in [-0.25, -0.2) is 4.98 Å². The van der Waals surface area contributed by atoms with E-state index in [1.807, 2.05) is 32.2 Å². The molecule has 0 amide bonds. The number of hydrogen-bond donors (Lipinski definition) is 0. The third-order valence-electron chi connectivity index (χ3n) is 5.33. The molecule has 1 aliphatic rings. The van der Waals surface area contributed by atoms with Crippen LogP contribution in [0.25, 0.3) is 0 Å². The standard InChI is InChI=1S/C21H29BN2O3/c1-7-25-19-18(24(6)15-16-11-9-8-10-12-16)13-17(14-23-19)22-26-20(2,3)21(4,5)27-22/h8-14H,7,15H2,1-6H3. The summed E-state index contributed by atoms with van der Waals surface area (Å²) in [6.07, 6.45) is 1.78. The van der Waals surface area contributed by atoms with Crippen LogP contribution in [0.2, 0.25) is 0 Å². The molecule has 1 saturated heterocycles. The van der Waals surface area contributed by atoms with Gasteiger partial charge in [0.2, 0.25) is 5.88 Å². The first-order chi connectivity index (χ1) is 12.7. The Bertz CT molecular complexity index is 764. The minimum atomic E-state index is -0.443. The van der Waals surface area contributed by atoms with Crippen molar-refractivity contribution in [3.8, 4) is 5.88 Å². The average molecular weight is 368 g/mol. The van der Waals surface area contributed by atoms with Crippen LogP contribution in [0.15, 0.2) is 42.6 Å². The van der Waals surface area contributed by atoms with E-state index in [1.165, 1.54) is 5.56 Å². The molecule has 0 saturated carbocycles. The van der Waals surface area contributed by atoms with E-state index in [1.54, 1.807) is 6.20 Å². The molecule has 0 spiro atoms. The van der Waals surface area contributed by atoms with Crippen LogP contribution < -0.4 is 15.1 Å². The molecule has 0 atom stereocenters. The number of hydrogen-bond acceptors (Lipinski definition) is 5. The Morgan fingerprint density at radius 2 is 1.70 bits per heavy atom. The summed E-state index contributed by atoms with van der Waals surface area (Å²) < 4.78 is 18.1. The van der Waals surface area contributed by atoms with Crippen molar-refractivity contribution in [2.45, 2.75) is 52.4 Å². The first kappa shape index (κ1) is 19.7. The minimum absolute atomic E-state index is 0.383. The summed E-state index contributed by atoms with van der Waals surface area (Å²) in [7, 11) is 1.60. The van der Waals surface area contributed by atoms with Crippen molar-refractivity contribution >= 4 is 18.3 Å². The van der Waals surface area contributed by atoms with E-state index in [-0.39, 0.29) is 11.2 Å². The van der Waals surface area contributed by atoms with Crippen LogP contribution in [0.4, 0.5) is 5.69 Å². The Morgan fingerprint density at radius 3 is 2.30 bits per heavy atom. The lowest BCUT2D eigenvalue weighted by atomic mass is 9.80. The number of ether oxygens (including phenoxy) is 1. The highest BCUT2D eigenvalue weighted by Crippen LogP contribution is 2.37. The van der Waals surface area contributed by atoms with E-state index < -0.39 is 7.12 Å². The molecule has 0 aliphatic carbocycles. The minimum Gasteiger partial charge on any atom is -0.476 e. The van der Waals surface area contributed by atoms with Crippen LogP contribution in [0.5, 0.6) is 5.88 Å². The van der Waals surface area contributed by atoms with E-state index in [2.05, 4.69) is 55.8 Å². The second-order valence-electron chi connectivity index (χ2n) is 7.96. The van der Waals surface area contributed by atoms with E-state index in [4.69, 9.17) is 14.0 Å². The molecule has 0 bridgehead atoms. The van der Waals surface area contributed by atoms with Gasteiger partial charge in [0.1, 0.15) is 0 Å². The van der Waals surface area contributed by atoms with Crippen LogP contribution in [0.1, 0.15) is 40.2 Å². The molecule has 144 valence electrons. The van der Waals surface area contributed by atoms with Crippen LogP contribution in [-0.2, 0) is 15.9 Å². The number of pyridine rings is 1. The maximum absolute atomic E-state index is 6.18. The van der Waals surface area contributed by atoms with Gasteiger partial charge in [-0.3, -0.25) is 0 Å². The predicted molar refractivity (Wildman–Crippen MR) is 110 cm³/mol. The smallest absolute Gasteiger partial charge is 0.476 e. The van der Waals surface area contributed by atoms with Gasteiger partial charge in [-0.1, -0.05) is 30.3 Å². The second-order valence-corrected chi connectivity index (χ2v) is 7.96. The number of rotatable bonds is 6. The summed E-state index contributed by atoms with van der Waals surface area (Å²) in [4.78, 5) is 6.69. The van der Waals surface area contributed by atoms with Crippen LogP contribution in [0.3, 0.4) is 0 Å². The maximum atomic E-state index is 6.18. The van der Waals surface area contributed by atoms with E-state index >= 15 is 0 Å². The number of anilines is 1. The lowest BCUT2D eigenvalue weighted by Gasteiger charge is -2.32. The predicted octanol–water partition coefficient (Wildman–Crippen LogP) is 3.42. The highest BCUT2D eigenvalue weighted by atomic mass is 16.7. The molecule has 2 heterocycles. The lowest BCUT2D eigenvalue weighted by Crippen LogP contribution is -2.41. The van der Waals surface area contributed by atoms with Gasteiger partial charge in [-0.15, -0.1) is 0 Å². The van der Waals surface area contributed by atoms with Crippen LogP contribution >= 0.6 is 0 Å². The Hall–Kier alpha value is -2.05. The van der Waals surface area contributed by atoms with Crippen molar-refractivity contribution in [3.05, 3.63) is 48.2 Å². The van der Waals surface area contributed by atoms with Gasteiger partial charge in [0.15, 0.2) is 0 Å². The fourth-order valence-corrected chi connectivity index (χ4v) is 3.03. The largest absolute Gasteiger partial charge is 0.496 e. The molecule has 0 radical (unpaired) electrons. The summed E-state index contributed by atoms with van der Waals surface area (Å²) in [5.41, 5.74) is 2.28. The molecular formula is C21H29BN2O3. The van der Waals surface area contributed by atoms with Gasteiger partial charge in [0.25, 0.3) is 0 Å². The van der Waals surface area contributed by atoms with E-state index in [0.717, 1.165) is 17.7 Å². The Balaban J connectivity index is 1.89. The number of benzene rings is 1. The maximum Gasteiger partial charge on any atom is 0.496 e. The summed E-state index contributed by atoms with van der Waals surface area (Å²) in [6.45, 7) is 11.5.